The maximum atomic E-state index is 12.3. The molecule has 0 radical (unpaired) electrons. The average molecular weight is 354 g/mol. The second-order valence-electron chi connectivity index (χ2n) is 5.51. The summed E-state index contributed by atoms with van der Waals surface area (Å²) >= 11 is 5.98. The second-order valence-corrected chi connectivity index (χ2v) is 5.92. The van der Waals surface area contributed by atoms with Crippen LogP contribution >= 0.6 is 11.6 Å². The van der Waals surface area contributed by atoms with Crippen molar-refractivity contribution in [1.82, 2.24) is 9.97 Å². The zero-order valence-corrected chi connectivity index (χ0v) is 14.5. The molecule has 2 aromatic carbocycles. The van der Waals surface area contributed by atoms with Gasteiger partial charge in [-0.15, -0.1) is 0 Å². The van der Waals surface area contributed by atoms with Crippen LogP contribution in [0, 0.1) is 13.8 Å². The van der Waals surface area contributed by atoms with Gasteiger partial charge in [0.05, 0.1) is 11.2 Å². The number of nitrogens with one attached hydrogen (secondary N) is 1. The molecule has 0 fully saturated rings. The maximum absolute atomic E-state index is 12.3. The van der Waals surface area contributed by atoms with Crippen molar-refractivity contribution < 1.29 is 9.53 Å². The van der Waals surface area contributed by atoms with Gasteiger partial charge in [-0.2, -0.15) is 0 Å². The van der Waals surface area contributed by atoms with Gasteiger partial charge < -0.3 is 10.1 Å². The summed E-state index contributed by atoms with van der Waals surface area (Å²) in [4.78, 5) is 20.3. The van der Waals surface area contributed by atoms with Gasteiger partial charge in [0.25, 0.3) is 5.91 Å². The monoisotopic (exact) mass is 353 g/mol. The van der Waals surface area contributed by atoms with E-state index in [0.717, 1.165) is 11.3 Å². The molecule has 6 heteroatoms. The Bertz CT molecular complexity index is 911. The molecule has 0 aliphatic rings. The summed E-state index contributed by atoms with van der Waals surface area (Å²) in [6.45, 7) is 3.70. The third-order valence-electron chi connectivity index (χ3n) is 3.42. The van der Waals surface area contributed by atoms with Gasteiger partial charge in [-0.05, 0) is 55.8 Å². The largest absolute Gasteiger partial charge is 0.457 e. The van der Waals surface area contributed by atoms with Gasteiger partial charge in [0, 0.05) is 5.69 Å². The number of nitrogens with zero attached hydrogens (tertiary/aromatic N) is 2. The minimum absolute atomic E-state index is 0.147. The lowest BCUT2D eigenvalue weighted by molar-refractivity contribution is 0.102. The van der Waals surface area contributed by atoms with Gasteiger partial charge in [-0.25, -0.2) is 9.97 Å². The third kappa shape index (κ3) is 4.33. The Morgan fingerprint density at radius 2 is 1.84 bits per heavy atom. The zero-order chi connectivity index (χ0) is 17.8. The van der Waals surface area contributed by atoms with Crippen molar-refractivity contribution in [3.8, 4) is 11.5 Å². The van der Waals surface area contributed by atoms with E-state index in [1.54, 1.807) is 31.2 Å². The Hall–Kier alpha value is -2.92. The van der Waals surface area contributed by atoms with Crippen LogP contribution in [0.15, 0.2) is 54.7 Å². The molecule has 0 aliphatic carbocycles. The van der Waals surface area contributed by atoms with Gasteiger partial charge in [-0.1, -0.05) is 23.7 Å². The van der Waals surface area contributed by atoms with E-state index in [4.69, 9.17) is 16.3 Å². The van der Waals surface area contributed by atoms with Gasteiger partial charge >= 0.3 is 0 Å². The number of aryl methyl sites for hydroxylation is 2. The molecule has 5 nitrogen and oxygen atoms in total. The first kappa shape index (κ1) is 16.9. The standard InChI is InChI=1S/C19H16ClN3O2/c1-12-4-3-5-16(10-12)25-15-8-6-14(7-9-15)23-19(24)18-17(20)11-21-13(2)22-18/h3-11H,1-2H3,(H,23,24). The molecule has 1 heterocycles. The third-order valence-corrected chi connectivity index (χ3v) is 3.69. The number of carbonyl (C=O) groups excluding carboxylic acids is 1. The van der Waals surface area contributed by atoms with Crippen LogP contribution in [-0.4, -0.2) is 15.9 Å². The topological polar surface area (TPSA) is 64.1 Å². The SMILES string of the molecule is Cc1cccc(Oc2ccc(NC(=O)c3nc(C)ncc3Cl)cc2)c1. The van der Waals surface area contributed by atoms with E-state index < -0.39 is 0 Å². The molecule has 0 aliphatic heterocycles. The summed E-state index contributed by atoms with van der Waals surface area (Å²) in [6, 6.07) is 14.9. The fourth-order valence-electron chi connectivity index (χ4n) is 2.23. The first-order valence-electron chi connectivity index (χ1n) is 7.66. The van der Waals surface area contributed by atoms with Crippen molar-refractivity contribution in [1.29, 1.82) is 0 Å². The highest BCUT2D eigenvalue weighted by molar-refractivity contribution is 6.33. The fraction of sp³-hybridized carbons (Fsp3) is 0.105. The highest BCUT2D eigenvalue weighted by Crippen LogP contribution is 2.24. The van der Waals surface area contributed by atoms with E-state index in [2.05, 4.69) is 15.3 Å². The van der Waals surface area contributed by atoms with Crippen LogP contribution in [0.4, 0.5) is 5.69 Å². The minimum Gasteiger partial charge on any atom is -0.457 e. The Kier molecular flexibility index (Phi) is 4.95. The molecule has 126 valence electrons. The number of benzene rings is 2. The van der Waals surface area contributed by atoms with Crippen molar-refractivity contribution in [2.24, 2.45) is 0 Å². The summed E-state index contributed by atoms with van der Waals surface area (Å²) in [6.07, 6.45) is 1.41. The van der Waals surface area contributed by atoms with Crippen molar-refractivity contribution >= 4 is 23.2 Å². The molecule has 0 saturated heterocycles. The van der Waals surface area contributed by atoms with E-state index in [-0.39, 0.29) is 16.6 Å². The van der Waals surface area contributed by atoms with Crippen LogP contribution in [0.25, 0.3) is 0 Å². The van der Waals surface area contributed by atoms with Crippen LogP contribution in [0.2, 0.25) is 5.02 Å². The highest BCUT2D eigenvalue weighted by atomic mass is 35.5. The number of amides is 1. The van der Waals surface area contributed by atoms with E-state index >= 15 is 0 Å². The molecule has 0 atom stereocenters. The number of rotatable bonds is 4. The molecule has 1 amide bonds. The summed E-state index contributed by atoms with van der Waals surface area (Å²) in [7, 11) is 0. The molecule has 0 saturated carbocycles. The first-order valence-corrected chi connectivity index (χ1v) is 8.04. The summed E-state index contributed by atoms with van der Waals surface area (Å²) in [5, 5.41) is 2.97. The Morgan fingerprint density at radius 3 is 2.56 bits per heavy atom. The number of ether oxygens (including phenoxy) is 1. The predicted molar refractivity (Wildman–Crippen MR) is 97.4 cm³/mol. The number of hydrogen-bond acceptors (Lipinski definition) is 4. The van der Waals surface area contributed by atoms with E-state index in [0.29, 0.717) is 17.3 Å². The average Bonchev–Trinajstić information content (AvgIpc) is 2.59. The summed E-state index contributed by atoms with van der Waals surface area (Å²) < 4.78 is 5.78. The number of aromatic nitrogens is 2. The fourth-order valence-corrected chi connectivity index (χ4v) is 2.40. The zero-order valence-electron chi connectivity index (χ0n) is 13.8. The number of hydrogen-bond donors (Lipinski definition) is 1. The lowest BCUT2D eigenvalue weighted by Crippen LogP contribution is -2.15. The van der Waals surface area contributed by atoms with Crippen molar-refractivity contribution in [2.75, 3.05) is 5.32 Å². The number of halogens is 1. The Balaban J connectivity index is 1.70. The molecule has 3 aromatic rings. The van der Waals surface area contributed by atoms with Crippen LogP contribution in [0.3, 0.4) is 0 Å². The summed E-state index contributed by atoms with van der Waals surface area (Å²) in [5.74, 6) is 1.54. The predicted octanol–water partition coefficient (Wildman–Crippen LogP) is 4.79. The number of anilines is 1. The second kappa shape index (κ2) is 7.32. The van der Waals surface area contributed by atoms with Crippen LogP contribution < -0.4 is 10.1 Å². The molecule has 0 unspecified atom stereocenters. The quantitative estimate of drug-likeness (QED) is 0.732. The van der Waals surface area contributed by atoms with Crippen LogP contribution in [-0.2, 0) is 0 Å². The van der Waals surface area contributed by atoms with Gasteiger partial charge in [-0.3, -0.25) is 4.79 Å². The van der Waals surface area contributed by atoms with Crippen molar-refractivity contribution in [3.05, 3.63) is 76.8 Å². The van der Waals surface area contributed by atoms with Crippen molar-refractivity contribution in [3.63, 3.8) is 0 Å². The molecule has 1 aromatic heterocycles. The molecule has 0 bridgehead atoms. The molecule has 1 N–H and O–H groups in total. The van der Waals surface area contributed by atoms with E-state index in [1.165, 1.54) is 6.20 Å². The van der Waals surface area contributed by atoms with Gasteiger partial charge in [0.1, 0.15) is 17.3 Å². The Morgan fingerprint density at radius 1 is 1.08 bits per heavy atom. The molecule has 3 rings (SSSR count). The lowest BCUT2D eigenvalue weighted by Gasteiger charge is -2.09. The lowest BCUT2D eigenvalue weighted by atomic mass is 10.2. The molecule has 25 heavy (non-hydrogen) atoms. The highest BCUT2D eigenvalue weighted by Gasteiger charge is 2.13. The maximum Gasteiger partial charge on any atom is 0.275 e. The molecular formula is C19H16ClN3O2. The smallest absolute Gasteiger partial charge is 0.275 e. The minimum atomic E-state index is -0.386. The first-order chi connectivity index (χ1) is 12.0. The summed E-state index contributed by atoms with van der Waals surface area (Å²) in [5.41, 5.74) is 1.89. The molecular weight excluding hydrogens is 338 g/mol. The van der Waals surface area contributed by atoms with Crippen LogP contribution in [0.1, 0.15) is 21.9 Å². The number of carbonyl (C=O) groups is 1. The van der Waals surface area contributed by atoms with Gasteiger partial charge in [0.2, 0.25) is 0 Å². The van der Waals surface area contributed by atoms with Crippen LogP contribution in [0.5, 0.6) is 11.5 Å². The Labute approximate surface area is 150 Å². The van der Waals surface area contributed by atoms with E-state index in [9.17, 15) is 4.79 Å². The normalized spacial score (nSPS) is 10.4. The van der Waals surface area contributed by atoms with E-state index in [1.807, 2.05) is 31.2 Å². The molecule has 0 spiro atoms. The van der Waals surface area contributed by atoms with Crippen molar-refractivity contribution in [2.45, 2.75) is 13.8 Å². The van der Waals surface area contributed by atoms with Gasteiger partial charge in [0.15, 0.2) is 5.69 Å².